The number of carbonyl (C=O) groups is 1. The van der Waals surface area contributed by atoms with Crippen LogP contribution in [0.4, 0.5) is 11.5 Å². The number of nitrogens with zero attached hydrogens (tertiary/aromatic N) is 3. The van der Waals surface area contributed by atoms with Gasteiger partial charge >= 0.3 is 0 Å². The minimum atomic E-state index is -2.45. The summed E-state index contributed by atoms with van der Waals surface area (Å²) in [7, 11) is -2.45. The van der Waals surface area contributed by atoms with Gasteiger partial charge in [-0.1, -0.05) is 24.3 Å². The van der Waals surface area contributed by atoms with Crippen molar-refractivity contribution < 1.29 is 17.9 Å². The van der Waals surface area contributed by atoms with Crippen LogP contribution in [0.5, 0.6) is 0 Å². The quantitative estimate of drug-likeness (QED) is 0.596. The Bertz CT molecular complexity index is 1380. The van der Waals surface area contributed by atoms with Crippen LogP contribution in [0.25, 0.3) is 11.1 Å². The number of pyridine rings is 1. The number of rotatable bonds is 4. The van der Waals surface area contributed by atoms with E-state index < -0.39 is 10.3 Å². The number of aromatic nitrogens is 1. The Hall–Kier alpha value is -4.00. The molecule has 1 aromatic heterocycles. The van der Waals surface area contributed by atoms with Crippen LogP contribution >= 0.6 is 0 Å². The van der Waals surface area contributed by atoms with Crippen molar-refractivity contribution in [2.75, 3.05) is 29.9 Å². The lowest BCUT2D eigenvalue weighted by Gasteiger charge is -2.29. The van der Waals surface area contributed by atoms with E-state index in [0.29, 0.717) is 29.2 Å². The Balaban J connectivity index is 1.62. The summed E-state index contributed by atoms with van der Waals surface area (Å²) in [5, 5.41) is 11.9. The highest BCUT2D eigenvalue weighted by molar-refractivity contribution is 7.72. The van der Waals surface area contributed by atoms with Crippen molar-refractivity contribution in [3.05, 3.63) is 77.5 Å². The number of amides is 1. The van der Waals surface area contributed by atoms with Gasteiger partial charge in [-0.15, -0.1) is 0 Å². The number of ether oxygens (including phenoxy) is 1. The minimum Gasteiger partial charge on any atom is -0.345 e. The van der Waals surface area contributed by atoms with E-state index in [2.05, 4.69) is 16.4 Å². The summed E-state index contributed by atoms with van der Waals surface area (Å²) in [6, 6.07) is 18.2. The van der Waals surface area contributed by atoms with Crippen molar-refractivity contribution in [3.8, 4) is 17.2 Å². The van der Waals surface area contributed by atoms with E-state index in [0.717, 1.165) is 16.7 Å². The van der Waals surface area contributed by atoms with E-state index in [9.17, 15) is 13.2 Å². The van der Waals surface area contributed by atoms with Crippen molar-refractivity contribution >= 4 is 32.8 Å². The molecule has 1 aliphatic rings. The summed E-state index contributed by atoms with van der Waals surface area (Å²) < 4.78 is 27.8. The Kier molecular flexibility index (Phi) is 6.49. The molecule has 166 valence electrons. The van der Waals surface area contributed by atoms with Gasteiger partial charge in [0.05, 0.1) is 30.5 Å². The summed E-state index contributed by atoms with van der Waals surface area (Å²) >= 11 is 0. The molecule has 1 N–H and O–H groups in total. The van der Waals surface area contributed by atoms with Gasteiger partial charge in [-0.3, -0.25) is 4.79 Å². The second-order valence-electron chi connectivity index (χ2n) is 7.37. The molecule has 3 aromatic rings. The molecular formula is C24H20N4O4S. The second kappa shape index (κ2) is 9.65. The van der Waals surface area contributed by atoms with Gasteiger partial charge in [-0.2, -0.15) is 13.7 Å². The van der Waals surface area contributed by atoms with Crippen LogP contribution in [-0.4, -0.2) is 44.1 Å². The van der Waals surface area contributed by atoms with Crippen LogP contribution in [0.3, 0.4) is 0 Å². The Morgan fingerprint density at radius 3 is 2.67 bits per heavy atom. The molecule has 1 saturated heterocycles. The van der Waals surface area contributed by atoms with Crippen molar-refractivity contribution in [1.82, 2.24) is 4.98 Å². The van der Waals surface area contributed by atoms with Crippen molar-refractivity contribution in [2.45, 2.75) is 6.92 Å². The molecule has 33 heavy (non-hydrogen) atoms. The predicted molar refractivity (Wildman–Crippen MR) is 126 cm³/mol. The van der Waals surface area contributed by atoms with Crippen molar-refractivity contribution in [2.24, 2.45) is 0 Å². The van der Waals surface area contributed by atoms with Crippen LogP contribution in [0.2, 0.25) is 0 Å². The third-order valence-electron chi connectivity index (χ3n) is 5.37. The summed E-state index contributed by atoms with van der Waals surface area (Å²) in [5.41, 5.74) is 4.15. The maximum absolute atomic E-state index is 13.2. The molecule has 0 unspecified atom stereocenters. The van der Waals surface area contributed by atoms with E-state index >= 15 is 0 Å². The molecule has 4 rings (SSSR count). The van der Waals surface area contributed by atoms with Crippen LogP contribution in [-0.2, 0) is 15.0 Å². The fraction of sp³-hybridized carbons (Fsp3) is 0.167. The molecule has 0 radical (unpaired) electrons. The first-order valence-corrected chi connectivity index (χ1v) is 11.2. The van der Waals surface area contributed by atoms with Crippen LogP contribution < -0.4 is 10.2 Å². The molecule has 2 heterocycles. The van der Waals surface area contributed by atoms with Gasteiger partial charge in [0.15, 0.2) is 10.9 Å². The Morgan fingerprint density at radius 1 is 1.15 bits per heavy atom. The smallest absolute Gasteiger partial charge is 0.256 e. The number of hydrogen-bond acceptors (Lipinski definition) is 7. The van der Waals surface area contributed by atoms with Gasteiger partial charge in [0.2, 0.25) is 10.3 Å². The van der Waals surface area contributed by atoms with E-state index in [1.165, 1.54) is 0 Å². The summed E-state index contributed by atoms with van der Waals surface area (Å²) in [6.07, 6.45) is 1.59. The molecule has 2 aromatic carbocycles. The first-order valence-electron chi connectivity index (χ1n) is 10.2. The van der Waals surface area contributed by atoms with Crippen LogP contribution in [0, 0.1) is 18.3 Å². The van der Waals surface area contributed by atoms with Gasteiger partial charge in [-0.05, 0) is 53.9 Å². The van der Waals surface area contributed by atoms with Gasteiger partial charge in [0, 0.05) is 18.3 Å². The molecule has 1 fully saturated rings. The van der Waals surface area contributed by atoms with Gasteiger partial charge in [0.25, 0.3) is 5.91 Å². The zero-order valence-corrected chi connectivity index (χ0v) is 18.6. The number of anilines is 2. The summed E-state index contributed by atoms with van der Waals surface area (Å²) in [6.45, 7) is 2.56. The van der Waals surface area contributed by atoms with Gasteiger partial charge < -0.3 is 15.0 Å². The molecule has 1 aliphatic heterocycles. The number of benzene rings is 2. The lowest BCUT2D eigenvalue weighted by molar-refractivity contribution is 0.102. The fourth-order valence-corrected chi connectivity index (χ4v) is 4.13. The topological polar surface area (TPSA) is 112 Å². The molecule has 0 aliphatic carbocycles. The average Bonchev–Trinajstić information content (AvgIpc) is 2.84. The summed E-state index contributed by atoms with van der Waals surface area (Å²) in [4.78, 5) is 19.3. The monoisotopic (exact) mass is 460 g/mol. The molecular weight excluding hydrogens is 440 g/mol. The molecule has 1 amide bonds. The first-order chi connectivity index (χ1) is 16.0. The van der Waals surface area contributed by atoms with Gasteiger partial charge in [0.1, 0.15) is 0 Å². The SMILES string of the molecule is Cc1c(C(=O)Nc2cccnc2N2CCOC(=S(=O)=O)C2)cccc1-c1ccc(C#N)cc1. The third-order valence-corrected chi connectivity index (χ3v) is 5.99. The molecule has 9 heteroatoms. The highest BCUT2D eigenvalue weighted by atomic mass is 32.2. The number of morpholine rings is 1. The molecule has 0 spiro atoms. The van der Waals surface area contributed by atoms with Crippen molar-refractivity contribution in [1.29, 1.82) is 5.26 Å². The zero-order valence-electron chi connectivity index (χ0n) is 17.8. The fourth-order valence-electron chi connectivity index (χ4n) is 3.69. The lowest BCUT2D eigenvalue weighted by Crippen LogP contribution is -2.41. The molecule has 8 nitrogen and oxygen atoms in total. The second-order valence-corrected chi connectivity index (χ2v) is 8.30. The highest BCUT2D eigenvalue weighted by Crippen LogP contribution is 2.28. The summed E-state index contributed by atoms with van der Waals surface area (Å²) in [5.74, 6) is 0.167. The minimum absolute atomic E-state index is 0.0448. The maximum atomic E-state index is 13.2. The Morgan fingerprint density at radius 2 is 1.94 bits per heavy atom. The molecule has 0 atom stereocenters. The predicted octanol–water partition coefficient (Wildman–Crippen LogP) is 3.03. The van der Waals surface area contributed by atoms with Crippen molar-refractivity contribution in [3.63, 3.8) is 0 Å². The van der Waals surface area contributed by atoms with Gasteiger partial charge in [-0.25, -0.2) is 4.98 Å². The average molecular weight is 461 g/mol. The maximum Gasteiger partial charge on any atom is 0.256 e. The third kappa shape index (κ3) is 4.77. The zero-order chi connectivity index (χ0) is 23.4. The van der Waals surface area contributed by atoms with E-state index in [-0.39, 0.29) is 24.1 Å². The van der Waals surface area contributed by atoms with E-state index in [1.807, 2.05) is 31.2 Å². The van der Waals surface area contributed by atoms with Crippen LogP contribution in [0.15, 0.2) is 60.8 Å². The highest BCUT2D eigenvalue weighted by Gasteiger charge is 2.22. The largest absolute Gasteiger partial charge is 0.345 e. The molecule has 0 saturated carbocycles. The number of nitriles is 1. The number of carbonyl (C=O) groups excluding carboxylic acids is 1. The number of hydrogen-bond donors (Lipinski definition) is 1. The lowest BCUT2D eigenvalue weighted by atomic mass is 9.95. The first kappa shape index (κ1) is 22.2. The van der Waals surface area contributed by atoms with E-state index in [1.54, 1.807) is 41.4 Å². The van der Waals surface area contributed by atoms with Crippen LogP contribution in [0.1, 0.15) is 21.5 Å². The van der Waals surface area contributed by atoms with E-state index in [4.69, 9.17) is 10.00 Å². The normalized spacial score (nSPS) is 13.3. The standard InChI is InChI=1S/C24H20N4O4S/c1-16-19(18-9-7-17(14-25)8-10-18)4-2-5-20(16)24(29)27-21-6-3-11-26-23(21)28-12-13-32-22(15-28)33(30)31/h2-11H,12-13,15H2,1H3,(H,27,29). The Labute approximate surface area is 192 Å². The molecule has 0 bridgehead atoms. The number of nitrogens with one attached hydrogen (secondary N) is 1.